The first kappa shape index (κ1) is 17.7. The number of rotatable bonds is 6. The van der Waals surface area contributed by atoms with E-state index in [4.69, 9.17) is 4.74 Å². The molecule has 0 aliphatic carbocycles. The molecule has 3 heteroatoms. The van der Waals surface area contributed by atoms with Gasteiger partial charge in [0.25, 0.3) is 0 Å². The lowest BCUT2D eigenvalue weighted by Crippen LogP contribution is -2.34. The smallest absolute Gasteiger partial charge is 0.234 e. The Morgan fingerprint density at radius 3 is 2.35 bits per heavy atom. The Labute approximate surface area is 154 Å². The average molecular weight is 345 g/mol. The number of hydrogen-bond donors (Lipinski definition) is 1. The summed E-state index contributed by atoms with van der Waals surface area (Å²) in [5.74, 6) is 0.731. The summed E-state index contributed by atoms with van der Waals surface area (Å²) in [4.78, 5) is 13.0. The molecule has 0 unspecified atom stereocenters. The van der Waals surface area contributed by atoms with E-state index in [1.165, 1.54) is 0 Å². The molecular formula is C23H23NO2. The van der Waals surface area contributed by atoms with Crippen LogP contribution in [-0.2, 0) is 10.2 Å². The Balaban J connectivity index is 1.94. The van der Waals surface area contributed by atoms with Crippen molar-refractivity contribution in [2.45, 2.75) is 19.3 Å². The summed E-state index contributed by atoms with van der Waals surface area (Å²) in [5.41, 5.74) is 1.12. The molecule has 0 aliphatic rings. The fraction of sp³-hybridized carbons (Fsp3) is 0.174. The largest absolute Gasteiger partial charge is 0.489 e. The van der Waals surface area contributed by atoms with Gasteiger partial charge in [0.05, 0.1) is 5.41 Å². The average Bonchev–Trinajstić information content (AvgIpc) is 2.68. The Kier molecular flexibility index (Phi) is 5.08. The van der Waals surface area contributed by atoms with Crippen LogP contribution in [0.25, 0.3) is 10.8 Å². The summed E-state index contributed by atoms with van der Waals surface area (Å²) >= 11 is 0. The van der Waals surface area contributed by atoms with Crippen molar-refractivity contribution in [3.05, 3.63) is 84.9 Å². The minimum atomic E-state index is -0.639. The molecule has 0 aliphatic heterocycles. The maximum atomic E-state index is 13.0. The fourth-order valence-electron chi connectivity index (χ4n) is 2.92. The van der Waals surface area contributed by atoms with E-state index in [-0.39, 0.29) is 5.91 Å². The van der Waals surface area contributed by atoms with Crippen LogP contribution in [0.15, 0.2) is 79.4 Å². The molecule has 0 saturated carbocycles. The number of anilines is 1. The monoisotopic (exact) mass is 345 g/mol. The molecule has 3 aromatic rings. The normalized spacial score (nSPS) is 11.2. The first-order chi connectivity index (χ1) is 12.5. The van der Waals surface area contributed by atoms with Gasteiger partial charge < -0.3 is 10.1 Å². The van der Waals surface area contributed by atoms with Crippen LogP contribution in [0.3, 0.4) is 0 Å². The van der Waals surface area contributed by atoms with Crippen molar-refractivity contribution in [2.24, 2.45) is 0 Å². The summed E-state index contributed by atoms with van der Waals surface area (Å²) in [5, 5.41) is 5.01. The van der Waals surface area contributed by atoms with E-state index in [9.17, 15) is 4.79 Å². The Bertz CT molecular complexity index is 929. The third kappa shape index (κ3) is 3.47. The molecule has 0 fully saturated rings. The molecule has 26 heavy (non-hydrogen) atoms. The van der Waals surface area contributed by atoms with Gasteiger partial charge in [-0.3, -0.25) is 4.79 Å². The maximum absolute atomic E-state index is 13.0. The number of carbonyl (C=O) groups excluding carboxylic acids is 1. The van der Waals surface area contributed by atoms with Crippen LogP contribution >= 0.6 is 0 Å². The van der Waals surface area contributed by atoms with Gasteiger partial charge in [-0.15, -0.1) is 0 Å². The van der Waals surface area contributed by atoms with Crippen LogP contribution in [0, 0.1) is 0 Å². The van der Waals surface area contributed by atoms with Crippen LogP contribution in [0.2, 0.25) is 0 Å². The van der Waals surface area contributed by atoms with Gasteiger partial charge in [-0.1, -0.05) is 67.3 Å². The lowest BCUT2D eigenvalue weighted by molar-refractivity contribution is -0.120. The standard InChI is InChI=1S/C23H23NO2/c1-4-16-26-21-15-14-20(18-12-8-9-13-19(18)21)24-22(25)23(2,3)17-10-6-5-7-11-17/h4-15H,1,16H2,2-3H3,(H,24,25). The van der Waals surface area contributed by atoms with Crippen molar-refractivity contribution < 1.29 is 9.53 Å². The van der Waals surface area contributed by atoms with Crippen molar-refractivity contribution >= 4 is 22.4 Å². The number of ether oxygens (including phenoxy) is 1. The number of nitrogens with one attached hydrogen (secondary N) is 1. The van der Waals surface area contributed by atoms with Gasteiger partial charge in [-0.2, -0.15) is 0 Å². The first-order valence-corrected chi connectivity index (χ1v) is 8.66. The molecule has 0 bridgehead atoms. The molecule has 3 nitrogen and oxygen atoms in total. The van der Waals surface area contributed by atoms with Gasteiger partial charge in [-0.05, 0) is 31.5 Å². The molecule has 0 atom stereocenters. The quantitative estimate of drug-likeness (QED) is 0.614. The Morgan fingerprint density at radius 1 is 1.00 bits per heavy atom. The van der Waals surface area contributed by atoms with E-state index in [1.54, 1.807) is 6.08 Å². The number of carbonyl (C=O) groups is 1. The second-order valence-electron chi connectivity index (χ2n) is 6.70. The zero-order chi connectivity index (χ0) is 18.6. The highest BCUT2D eigenvalue weighted by molar-refractivity contribution is 6.07. The van der Waals surface area contributed by atoms with Crippen LogP contribution in [0.5, 0.6) is 5.75 Å². The van der Waals surface area contributed by atoms with E-state index >= 15 is 0 Å². The van der Waals surface area contributed by atoms with Crippen molar-refractivity contribution in [3.8, 4) is 5.75 Å². The Morgan fingerprint density at radius 2 is 1.65 bits per heavy atom. The van der Waals surface area contributed by atoms with E-state index < -0.39 is 5.41 Å². The van der Waals surface area contributed by atoms with E-state index in [0.717, 1.165) is 27.8 Å². The second kappa shape index (κ2) is 7.44. The lowest BCUT2D eigenvalue weighted by atomic mass is 9.83. The zero-order valence-electron chi connectivity index (χ0n) is 15.2. The number of benzene rings is 3. The molecule has 0 heterocycles. The third-order valence-corrected chi connectivity index (χ3v) is 4.55. The fourth-order valence-corrected chi connectivity index (χ4v) is 2.92. The Hall–Kier alpha value is -3.07. The highest BCUT2D eigenvalue weighted by Gasteiger charge is 2.30. The predicted octanol–water partition coefficient (Wildman–Crippen LogP) is 5.32. The molecule has 0 spiro atoms. The van der Waals surface area contributed by atoms with Crippen molar-refractivity contribution in [1.29, 1.82) is 0 Å². The molecule has 0 saturated heterocycles. The molecule has 132 valence electrons. The molecule has 1 amide bonds. The van der Waals surface area contributed by atoms with Crippen molar-refractivity contribution in [2.75, 3.05) is 11.9 Å². The van der Waals surface area contributed by atoms with Gasteiger partial charge in [0.15, 0.2) is 0 Å². The topological polar surface area (TPSA) is 38.3 Å². The summed E-state index contributed by atoms with van der Waals surface area (Å²) < 4.78 is 5.73. The van der Waals surface area contributed by atoms with Gasteiger partial charge in [0, 0.05) is 16.5 Å². The van der Waals surface area contributed by atoms with Crippen LogP contribution in [-0.4, -0.2) is 12.5 Å². The van der Waals surface area contributed by atoms with E-state index in [0.29, 0.717) is 6.61 Å². The highest BCUT2D eigenvalue weighted by atomic mass is 16.5. The predicted molar refractivity (Wildman–Crippen MR) is 108 cm³/mol. The summed E-state index contributed by atoms with van der Waals surface area (Å²) in [6.07, 6.45) is 1.72. The van der Waals surface area contributed by atoms with Crippen LogP contribution < -0.4 is 10.1 Å². The van der Waals surface area contributed by atoms with Gasteiger partial charge in [-0.25, -0.2) is 0 Å². The SMILES string of the molecule is C=CCOc1ccc(NC(=O)C(C)(C)c2ccccc2)c2ccccc12. The van der Waals surface area contributed by atoms with E-state index in [2.05, 4.69) is 11.9 Å². The first-order valence-electron chi connectivity index (χ1n) is 8.66. The van der Waals surface area contributed by atoms with Crippen LogP contribution in [0.4, 0.5) is 5.69 Å². The van der Waals surface area contributed by atoms with E-state index in [1.807, 2.05) is 80.6 Å². The number of fused-ring (bicyclic) bond motifs is 1. The lowest BCUT2D eigenvalue weighted by Gasteiger charge is -2.24. The third-order valence-electron chi connectivity index (χ3n) is 4.55. The number of hydrogen-bond acceptors (Lipinski definition) is 2. The summed E-state index contributed by atoms with van der Waals surface area (Å²) in [6.45, 7) is 7.99. The maximum Gasteiger partial charge on any atom is 0.234 e. The molecule has 0 radical (unpaired) electrons. The molecule has 1 N–H and O–H groups in total. The second-order valence-corrected chi connectivity index (χ2v) is 6.70. The van der Waals surface area contributed by atoms with Crippen LogP contribution in [0.1, 0.15) is 19.4 Å². The number of amides is 1. The molecular weight excluding hydrogens is 322 g/mol. The van der Waals surface area contributed by atoms with Crippen molar-refractivity contribution in [3.63, 3.8) is 0 Å². The molecule has 3 aromatic carbocycles. The minimum absolute atomic E-state index is 0.0476. The highest BCUT2D eigenvalue weighted by Crippen LogP contribution is 2.33. The van der Waals surface area contributed by atoms with Crippen molar-refractivity contribution in [1.82, 2.24) is 0 Å². The molecule has 0 aromatic heterocycles. The van der Waals surface area contributed by atoms with Gasteiger partial charge in [0.2, 0.25) is 5.91 Å². The van der Waals surface area contributed by atoms with Gasteiger partial charge >= 0.3 is 0 Å². The minimum Gasteiger partial charge on any atom is -0.489 e. The summed E-state index contributed by atoms with van der Waals surface area (Å²) in [6, 6.07) is 21.5. The van der Waals surface area contributed by atoms with Gasteiger partial charge in [0.1, 0.15) is 12.4 Å². The summed E-state index contributed by atoms with van der Waals surface area (Å²) in [7, 11) is 0. The molecule has 3 rings (SSSR count). The zero-order valence-corrected chi connectivity index (χ0v) is 15.2.